The topological polar surface area (TPSA) is 79.8 Å². The highest BCUT2D eigenvalue weighted by Gasteiger charge is 2.21. The Labute approximate surface area is 154 Å². The smallest absolute Gasteiger partial charge is 0.239 e. The number of hydrogen-bond acceptors (Lipinski definition) is 5. The van der Waals surface area contributed by atoms with Crippen LogP contribution in [0.3, 0.4) is 0 Å². The molecule has 6 heteroatoms. The van der Waals surface area contributed by atoms with E-state index in [9.17, 15) is 9.90 Å². The van der Waals surface area contributed by atoms with E-state index in [2.05, 4.69) is 10.6 Å². The lowest BCUT2D eigenvalue weighted by atomic mass is 10.1. The van der Waals surface area contributed by atoms with Crippen LogP contribution in [0.5, 0.6) is 11.5 Å². The van der Waals surface area contributed by atoms with Crippen LogP contribution in [0.15, 0.2) is 48.5 Å². The van der Waals surface area contributed by atoms with Crippen LogP contribution in [0.25, 0.3) is 0 Å². The zero-order chi connectivity index (χ0) is 18.9. The summed E-state index contributed by atoms with van der Waals surface area (Å²) >= 11 is 0. The molecule has 0 aliphatic carbocycles. The number of methoxy groups -OCH3 is 1. The highest BCUT2D eigenvalue weighted by Crippen LogP contribution is 2.28. The number of carbonyl (C=O) groups excluding carboxylic acids is 1. The summed E-state index contributed by atoms with van der Waals surface area (Å²) < 4.78 is 11.3. The molecule has 3 N–H and O–H groups in total. The van der Waals surface area contributed by atoms with Crippen molar-refractivity contribution in [3.8, 4) is 11.5 Å². The number of aliphatic hydroxyl groups excluding tert-OH is 1. The first-order valence-electron chi connectivity index (χ1n) is 8.51. The third kappa shape index (κ3) is 5.47. The molecule has 140 valence electrons. The van der Waals surface area contributed by atoms with Crippen molar-refractivity contribution >= 4 is 5.91 Å². The van der Waals surface area contributed by atoms with E-state index < -0.39 is 12.1 Å². The normalized spacial score (nSPS) is 12.9. The number of aliphatic hydroxyl groups is 1. The minimum atomic E-state index is -0.801. The third-order valence-electron chi connectivity index (χ3n) is 4.00. The van der Waals surface area contributed by atoms with Crippen molar-refractivity contribution in [2.45, 2.75) is 32.2 Å². The maximum atomic E-state index is 11.8. The van der Waals surface area contributed by atoms with Gasteiger partial charge < -0.3 is 19.9 Å². The van der Waals surface area contributed by atoms with E-state index in [1.165, 1.54) is 0 Å². The SMILES string of the molecule is CNC(=O)C(NCc1ccc(OCc2ccccc2)c(OC)c1)C(C)O. The largest absolute Gasteiger partial charge is 0.493 e. The molecule has 0 saturated carbocycles. The Morgan fingerprint density at radius 1 is 1.12 bits per heavy atom. The summed E-state index contributed by atoms with van der Waals surface area (Å²) in [5.74, 6) is 1.02. The van der Waals surface area contributed by atoms with Gasteiger partial charge in [-0.05, 0) is 30.2 Å². The highest BCUT2D eigenvalue weighted by molar-refractivity contribution is 5.82. The van der Waals surface area contributed by atoms with Crippen LogP contribution in [-0.2, 0) is 17.9 Å². The predicted molar refractivity (Wildman–Crippen MR) is 100 cm³/mol. The zero-order valence-electron chi connectivity index (χ0n) is 15.4. The van der Waals surface area contributed by atoms with Crippen LogP contribution in [0.1, 0.15) is 18.1 Å². The first-order valence-corrected chi connectivity index (χ1v) is 8.51. The molecule has 0 bridgehead atoms. The number of rotatable bonds is 9. The van der Waals surface area contributed by atoms with Gasteiger partial charge in [-0.3, -0.25) is 10.1 Å². The summed E-state index contributed by atoms with van der Waals surface area (Å²) in [5, 5.41) is 15.3. The lowest BCUT2D eigenvalue weighted by Gasteiger charge is -2.20. The van der Waals surface area contributed by atoms with Crippen LogP contribution in [0.4, 0.5) is 0 Å². The molecule has 2 atom stereocenters. The third-order valence-corrected chi connectivity index (χ3v) is 4.00. The number of benzene rings is 2. The molecule has 2 aromatic carbocycles. The van der Waals surface area contributed by atoms with Gasteiger partial charge in [-0.15, -0.1) is 0 Å². The fourth-order valence-corrected chi connectivity index (χ4v) is 2.54. The molecule has 6 nitrogen and oxygen atoms in total. The van der Waals surface area contributed by atoms with Crippen molar-refractivity contribution in [2.75, 3.05) is 14.2 Å². The maximum absolute atomic E-state index is 11.8. The Hall–Kier alpha value is -2.57. The molecule has 0 fully saturated rings. The Morgan fingerprint density at radius 2 is 1.85 bits per heavy atom. The van der Waals surface area contributed by atoms with Gasteiger partial charge in [0.2, 0.25) is 5.91 Å². The molecule has 2 rings (SSSR count). The average Bonchev–Trinajstić information content (AvgIpc) is 2.67. The van der Waals surface area contributed by atoms with Crippen LogP contribution in [0, 0.1) is 0 Å². The van der Waals surface area contributed by atoms with Gasteiger partial charge in [0, 0.05) is 13.6 Å². The van der Waals surface area contributed by atoms with Crippen molar-refractivity contribution in [2.24, 2.45) is 0 Å². The summed E-state index contributed by atoms with van der Waals surface area (Å²) in [6, 6.07) is 14.8. The number of likely N-dealkylation sites (N-methyl/N-ethyl adjacent to an activating group) is 1. The molecule has 0 radical (unpaired) electrons. The molecule has 2 aromatic rings. The zero-order valence-corrected chi connectivity index (χ0v) is 15.4. The van der Waals surface area contributed by atoms with Crippen LogP contribution >= 0.6 is 0 Å². The lowest BCUT2D eigenvalue weighted by molar-refractivity contribution is -0.125. The Morgan fingerprint density at radius 3 is 2.46 bits per heavy atom. The van der Waals surface area contributed by atoms with Crippen molar-refractivity contribution in [1.82, 2.24) is 10.6 Å². The molecular weight excluding hydrogens is 332 g/mol. The first-order chi connectivity index (χ1) is 12.5. The van der Waals surface area contributed by atoms with Crippen molar-refractivity contribution < 1.29 is 19.4 Å². The fourth-order valence-electron chi connectivity index (χ4n) is 2.54. The fraction of sp³-hybridized carbons (Fsp3) is 0.350. The summed E-state index contributed by atoms with van der Waals surface area (Å²) in [5.41, 5.74) is 1.99. The molecule has 0 aliphatic rings. The monoisotopic (exact) mass is 358 g/mol. The minimum absolute atomic E-state index is 0.255. The molecule has 2 unspecified atom stereocenters. The van der Waals surface area contributed by atoms with Crippen molar-refractivity contribution in [3.05, 3.63) is 59.7 Å². The van der Waals surface area contributed by atoms with Gasteiger partial charge in [0.15, 0.2) is 11.5 Å². The number of nitrogens with one attached hydrogen (secondary N) is 2. The second-order valence-electron chi connectivity index (χ2n) is 5.97. The Bertz CT molecular complexity index is 704. The first kappa shape index (κ1) is 19.8. The van der Waals surface area contributed by atoms with E-state index in [0.717, 1.165) is 11.1 Å². The molecule has 0 saturated heterocycles. The molecule has 1 amide bonds. The summed E-state index contributed by atoms with van der Waals surface area (Å²) in [6.45, 7) is 2.45. The highest BCUT2D eigenvalue weighted by atomic mass is 16.5. The number of ether oxygens (including phenoxy) is 2. The molecule has 0 aliphatic heterocycles. The number of hydrogen-bond donors (Lipinski definition) is 3. The second kappa shape index (κ2) is 9.79. The Kier molecular flexibility index (Phi) is 7.44. The van der Waals surface area contributed by atoms with Gasteiger partial charge in [0.05, 0.1) is 13.2 Å². The van der Waals surface area contributed by atoms with Gasteiger partial charge in [-0.1, -0.05) is 36.4 Å². The van der Waals surface area contributed by atoms with E-state index in [-0.39, 0.29) is 5.91 Å². The van der Waals surface area contributed by atoms with E-state index >= 15 is 0 Å². The van der Waals surface area contributed by atoms with Crippen molar-refractivity contribution in [3.63, 3.8) is 0 Å². The molecule has 0 heterocycles. The molecule has 0 aromatic heterocycles. The Balaban J connectivity index is 2.02. The van der Waals surface area contributed by atoms with Gasteiger partial charge >= 0.3 is 0 Å². The van der Waals surface area contributed by atoms with E-state index in [1.54, 1.807) is 21.1 Å². The molecule has 0 spiro atoms. The number of carbonyl (C=O) groups is 1. The summed E-state index contributed by atoms with van der Waals surface area (Å²) in [6.07, 6.45) is -0.801. The predicted octanol–water partition coefficient (Wildman–Crippen LogP) is 1.86. The van der Waals surface area contributed by atoms with Gasteiger partial charge in [0.1, 0.15) is 12.6 Å². The van der Waals surface area contributed by atoms with Crippen LogP contribution in [-0.4, -0.2) is 37.3 Å². The van der Waals surface area contributed by atoms with Crippen LogP contribution < -0.4 is 20.1 Å². The van der Waals surface area contributed by atoms with E-state index in [1.807, 2.05) is 48.5 Å². The van der Waals surface area contributed by atoms with E-state index in [4.69, 9.17) is 9.47 Å². The summed E-state index contributed by atoms with van der Waals surface area (Å²) in [4.78, 5) is 11.8. The maximum Gasteiger partial charge on any atom is 0.239 e. The van der Waals surface area contributed by atoms with E-state index in [0.29, 0.717) is 24.7 Å². The summed E-state index contributed by atoms with van der Waals surface area (Å²) in [7, 11) is 3.13. The minimum Gasteiger partial charge on any atom is -0.493 e. The van der Waals surface area contributed by atoms with Gasteiger partial charge in [-0.25, -0.2) is 0 Å². The standard InChI is InChI=1S/C20H26N2O4/c1-14(23)19(20(24)21-2)22-12-16-9-10-17(18(11-16)25-3)26-13-15-7-5-4-6-8-15/h4-11,14,19,22-23H,12-13H2,1-3H3,(H,21,24). The van der Waals surface area contributed by atoms with Gasteiger partial charge in [0.25, 0.3) is 0 Å². The van der Waals surface area contributed by atoms with Crippen molar-refractivity contribution in [1.29, 1.82) is 0 Å². The van der Waals surface area contributed by atoms with Gasteiger partial charge in [-0.2, -0.15) is 0 Å². The quantitative estimate of drug-likeness (QED) is 0.638. The molecular formula is C20H26N2O4. The second-order valence-corrected chi connectivity index (χ2v) is 5.97. The number of amides is 1. The lowest BCUT2D eigenvalue weighted by Crippen LogP contribution is -2.49. The molecule has 26 heavy (non-hydrogen) atoms. The van der Waals surface area contributed by atoms with Crippen LogP contribution in [0.2, 0.25) is 0 Å². The average molecular weight is 358 g/mol.